The molecule has 1 N–H and O–H groups in total. The molecule has 0 bridgehead atoms. The zero-order valence-electron chi connectivity index (χ0n) is 19.4. The Morgan fingerprint density at radius 1 is 1.15 bits per heavy atom. The Balaban J connectivity index is 1.56. The first kappa shape index (κ1) is 22.6. The van der Waals surface area contributed by atoms with Crippen LogP contribution in [0.15, 0.2) is 55.0 Å². The van der Waals surface area contributed by atoms with Crippen molar-refractivity contribution in [1.82, 2.24) is 30.2 Å². The number of pyridine rings is 1. The van der Waals surface area contributed by atoms with E-state index in [4.69, 9.17) is 0 Å². The maximum Gasteiger partial charge on any atom is 0.244 e. The summed E-state index contributed by atoms with van der Waals surface area (Å²) in [7, 11) is 0. The molecule has 3 aromatic rings. The second kappa shape index (κ2) is 9.52. The van der Waals surface area contributed by atoms with E-state index in [0.717, 1.165) is 22.4 Å². The van der Waals surface area contributed by atoms with Crippen LogP contribution in [0.4, 0.5) is 0 Å². The van der Waals surface area contributed by atoms with Crippen LogP contribution in [-0.4, -0.2) is 55.8 Å². The number of hydrogen-bond donors (Lipinski definition) is 1. The summed E-state index contributed by atoms with van der Waals surface area (Å²) in [5.41, 5.74) is 3.34. The Labute approximate surface area is 194 Å². The molecule has 8 heteroatoms. The molecule has 0 radical (unpaired) electrons. The first-order valence-corrected chi connectivity index (χ1v) is 11.3. The van der Waals surface area contributed by atoms with E-state index in [2.05, 4.69) is 38.8 Å². The Kier molecular flexibility index (Phi) is 6.53. The Bertz CT molecular complexity index is 1130. The van der Waals surface area contributed by atoms with Crippen molar-refractivity contribution >= 4 is 11.8 Å². The summed E-state index contributed by atoms with van der Waals surface area (Å²) in [6.45, 7) is 6.81. The number of amides is 2. The van der Waals surface area contributed by atoms with Crippen molar-refractivity contribution < 1.29 is 9.59 Å². The average molecular weight is 447 g/mol. The number of likely N-dealkylation sites (tertiary alicyclic amines) is 1. The van der Waals surface area contributed by atoms with Crippen molar-refractivity contribution in [2.45, 2.75) is 46.2 Å². The van der Waals surface area contributed by atoms with Crippen LogP contribution < -0.4 is 5.32 Å². The van der Waals surface area contributed by atoms with Gasteiger partial charge in [-0.25, -0.2) is 4.68 Å². The first-order valence-electron chi connectivity index (χ1n) is 11.3. The highest BCUT2D eigenvalue weighted by Crippen LogP contribution is 2.36. The average Bonchev–Trinajstić information content (AvgIpc) is 3.41. The molecule has 172 valence electrons. The second-order valence-electron chi connectivity index (χ2n) is 9.14. The van der Waals surface area contributed by atoms with Crippen LogP contribution in [0.1, 0.15) is 31.5 Å². The smallest absolute Gasteiger partial charge is 0.244 e. The zero-order valence-corrected chi connectivity index (χ0v) is 19.4. The predicted molar refractivity (Wildman–Crippen MR) is 125 cm³/mol. The minimum atomic E-state index is -0.672. The van der Waals surface area contributed by atoms with Gasteiger partial charge in [0.25, 0.3) is 0 Å². The monoisotopic (exact) mass is 446 g/mol. The quantitative estimate of drug-likeness (QED) is 0.602. The number of benzene rings is 1. The maximum atomic E-state index is 13.4. The number of nitrogens with one attached hydrogen (secondary N) is 1. The van der Waals surface area contributed by atoms with Crippen molar-refractivity contribution in [3.05, 3.63) is 66.2 Å². The minimum absolute atomic E-state index is 0.00119. The molecular formula is C25H30N6O2. The summed E-state index contributed by atoms with van der Waals surface area (Å²) < 4.78 is 1.55. The summed E-state index contributed by atoms with van der Waals surface area (Å²) in [6, 6.07) is 12.2. The third-order valence-electron chi connectivity index (χ3n) is 6.04. The molecule has 0 aliphatic carbocycles. The van der Waals surface area contributed by atoms with Crippen LogP contribution in [0.25, 0.3) is 11.1 Å². The molecule has 1 fully saturated rings. The van der Waals surface area contributed by atoms with E-state index in [1.54, 1.807) is 28.2 Å². The molecule has 33 heavy (non-hydrogen) atoms. The van der Waals surface area contributed by atoms with Gasteiger partial charge in [0.2, 0.25) is 11.8 Å². The third-order valence-corrected chi connectivity index (χ3v) is 6.04. The largest absolute Gasteiger partial charge is 0.353 e. The zero-order chi connectivity index (χ0) is 23.4. The molecule has 8 nitrogen and oxygen atoms in total. The number of nitrogens with zero attached hydrogens (tertiary/aromatic N) is 5. The number of aryl methyl sites for hydroxylation is 1. The van der Waals surface area contributed by atoms with Gasteiger partial charge in [-0.2, -0.15) is 0 Å². The second-order valence-corrected chi connectivity index (χ2v) is 9.14. The van der Waals surface area contributed by atoms with Gasteiger partial charge in [0.05, 0.1) is 11.1 Å². The van der Waals surface area contributed by atoms with Crippen molar-refractivity contribution in [2.75, 3.05) is 13.1 Å². The molecule has 1 aliphatic heterocycles. The fraction of sp³-hybridized carbons (Fsp3) is 0.400. The van der Waals surface area contributed by atoms with Crippen molar-refractivity contribution in [2.24, 2.45) is 5.41 Å². The van der Waals surface area contributed by atoms with E-state index < -0.39 is 5.41 Å². The fourth-order valence-electron chi connectivity index (χ4n) is 4.42. The van der Waals surface area contributed by atoms with Gasteiger partial charge in [0.15, 0.2) is 0 Å². The highest BCUT2D eigenvalue weighted by atomic mass is 16.2. The molecule has 0 unspecified atom stereocenters. The highest BCUT2D eigenvalue weighted by molar-refractivity contribution is 5.86. The van der Waals surface area contributed by atoms with E-state index in [0.29, 0.717) is 25.9 Å². The van der Waals surface area contributed by atoms with Crippen LogP contribution in [-0.2, 0) is 22.6 Å². The van der Waals surface area contributed by atoms with Gasteiger partial charge in [0.1, 0.15) is 6.54 Å². The predicted octanol–water partition coefficient (Wildman–Crippen LogP) is 2.63. The molecule has 1 aliphatic rings. The third kappa shape index (κ3) is 5.27. The number of aromatic nitrogens is 4. The van der Waals surface area contributed by atoms with Gasteiger partial charge in [0, 0.05) is 37.7 Å². The van der Waals surface area contributed by atoms with Crippen molar-refractivity contribution in [3.63, 3.8) is 0 Å². The van der Waals surface area contributed by atoms with Gasteiger partial charge < -0.3 is 10.2 Å². The first-order chi connectivity index (χ1) is 15.8. The molecule has 4 rings (SSSR count). The maximum absolute atomic E-state index is 13.4. The molecule has 1 saturated heterocycles. The summed E-state index contributed by atoms with van der Waals surface area (Å²) in [5, 5.41) is 11.0. The van der Waals surface area contributed by atoms with E-state index in [1.807, 2.05) is 39.0 Å². The van der Waals surface area contributed by atoms with Crippen molar-refractivity contribution in [3.8, 4) is 11.1 Å². The minimum Gasteiger partial charge on any atom is -0.353 e. The molecular weight excluding hydrogens is 416 g/mol. The van der Waals surface area contributed by atoms with E-state index in [1.165, 1.54) is 0 Å². The van der Waals surface area contributed by atoms with Gasteiger partial charge in [-0.3, -0.25) is 14.6 Å². The molecule has 0 spiro atoms. The number of hydrogen-bond acceptors (Lipinski definition) is 5. The SMILES string of the molecule is Cc1cn(CC(=O)N2CC[C@@](Cc3cccc(-c4ccncc4)c3)(C(=O)NC(C)C)C2)nn1. The summed E-state index contributed by atoms with van der Waals surface area (Å²) >= 11 is 0. The topological polar surface area (TPSA) is 93.0 Å². The normalized spacial score (nSPS) is 18.0. The number of carbonyl (C=O) groups excluding carboxylic acids is 2. The summed E-state index contributed by atoms with van der Waals surface area (Å²) in [4.78, 5) is 32.2. The Hall–Kier alpha value is -3.55. The molecule has 2 amide bonds. The van der Waals surface area contributed by atoms with Crippen LogP contribution in [0, 0.1) is 12.3 Å². The van der Waals surface area contributed by atoms with Gasteiger partial charge in [-0.15, -0.1) is 5.10 Å². The van der Waals surface area contributed by atoms with Crippen LogP contribution in [0.2, 0.25) is 0 Å². The van der Waals surface area contributed by atoms with E-state index in [-0.39, 0.29) is 24.4 Å². The standard InChI is InChI=1S/C25H30N6O2/c1-18(2)27-24(33)25(9-12-30(17-25)23(32)16-31-15-19(3)28-29-31)14-20-5-4-6-22(13-20)21-7-10-26-11-8-21/h4-8,10-11,13,15,18H,9,12,14,16-17H2,1-3H3,(H,27,33)/t25-/m0/s1. The molecule has 0 saturated carbocycles. The lowest BCUT2D eigenvalue weighted by Gasteiger charge is -2.29. The van der Waals surface area contributed by atoms with Gasteiger partial charge in [-0.05, 0) is 62.4 Å². The molecule has 2 aromatic heterocycles. The van der Waals surface area contributed by atoms with Gasteiger partial charge in [-0.1, -0.05) is 29.5 Å². The fourth-order valence-corrected chi connectivity index (χ4v) is 4.42. The summed E-state index contributed by atoms with van der Waals surface area (Å²) in [5.74, 6) is -0.0524. The number of carbonyl (C=O) groups is 2. The highest BCUT2D eigenvalue weighted by Gasteiger charge is 2.46. The van der Waals surface area contributed by atoms with Crippen LogP contribution in [0.3, 0.4) is 0 Å². The number of rotatable bonds is 7. The lowest BCUT2D eigenvalue weighted by molar-refractivity contribution is -0.134. The molecule has 3 heterocycles. The lowest BCUT2D eigenvalue weighted by Crippen LogP contribution is -2.47. The summed E-state index contributed by atoms with van der Waals surface area (Å²) in [6.07, 6.45) is 6.48. The van der Waals surface area contributed by atoms with E-state index >= 15 is 0 Å². The van der Waals surface area contributed by atoms with E-state index in [9.17, 15) is 9.59 Å². The molecule has 1 atom stereocenters. The van der Waals surface area contributed by atoms with Crippen molar-refractivity contribution in [1.29, 1.82) is 0 Å². The Morgan fingerprint density at radius 3 is 2.64 bits per heavy atom. The van der Waals surface area contributed by atoms with Crippen LogP contribution >= 0.6 is 0 Å². The Morgan fingerprint density at radius 2 is 1.94 bits per heavy atom. The van der Waals surface area contributed by atoms with Crippen LogP contribution in [0.5, 0.6) is 0 Å². The van der Waals surface area contributed by atoms with Gasteiger partial charge >= 0.3 is 0 Å². The lowest BCUT2D eigenvalue weighted by atomic mass is 9.79. The molecule has 1 aromatic carbocycles.